The number of benzene rings is 1. The molecular weight excluding hydrogens is 350 g/mol. The van der Waals surface area contributed by atoms with Gasteiger partial charge in [0.15, 0.2) is 9.84 Å². The lowest BCUT2D eigenvalue weighted by Gasteiger charge is -2.15. The SMILES string of the molecule is CC(C)c1ccccc1NC(=O)c1cncc(NC2CCS(=O)(=O)C2)c1. The van der Waals surface area contributed by atoms with Crippen molar-refractivity contribution in [1.29, 1.82) is 0 Å². The second kappa shape index (κ2) is 7.45. The third kappa shape index (κ3) is 4.40. The Bertz CT molecular complexity index is 910. The Labute approximate surface area is 154 Å². The third-order valence-electron chi connectivity index (χ3n) is 4.43. The maximum Gasteiger partial charge on any atom is 0.257 e. The molecule has 138 valence electrons. The Morgan fingerprint density at radius 2 is 2.00 bits per heavy atom. The van der Waals surface area contributed by atoms with Crippen LogP contribution in [-0.2, 0) is 9.84 Å². The van der Waals surface area contributed by atoms with Gasteiger partial charge in [0, 0.05) is 24.1 Å². The van der Waals surface area contributed by atoms with Crippen LogP contribution in [0.15, 0.2) is 42.7 Å². The van der Waals surface area contributed by atoms with E-state index in [1.54, 1.807) is 12.3 Å². The first kappa shape index (κ1) is 18.4. The zero-order valence-electron chi connectivity index (χ0n) is 14.9. The van der Waals surface area contributed by atoms with Gasteiger partial charge in [-0.25, -0.2) is 8.42 Å². The molecule has 1 aromatic carbocycles. The van der Waals surface area contributed by atoms with Gasteiger partial charge >= 0.3 is 0 Å². The summed E-state index contributed by atoms with van der Waals surface area (Å²) in [6, 6.07) is 9.28. The Balaban J connectivity index is 1.73. The summed E-state index contributed by atoms with van der Waals surface area (Å²) >= 11 is 0. The molecule has 7 heteroatoms. The highest BCUT2D eigenvalue weighted by atomic mass is 32.2. The van der Waals surface area contributed by atoms with Crippen LogP contribution in [0.3, 0.4) is 0 Å². The minimum atomic E-state index is -2.96. The zero-order valence-corrected chi connectivity index (χ0v) is 15.7. The summed E-state index contributed by atoms with van der Waals surface area (Å²) in [5.41, 5.74) is 2.93. The number of carbonyl (C=O) groups excluding carboxylic acids is 1. The maximum absolute atomic E-state index is 12.6. The summed E-state index contributed by atoms with van der Waals surface area (Å²) in [6.07, 6.45) is 3.67. The molecule has 1 saturated heterocycles. The molecule has 0 aliphatic carbocycles. The lowest BCUT2D eigenvalue weighted by molar-refractivity contribution is 0.102. The van der Waals surface area contributed by atoms with E-state index < -0.39 is 9.84 Å². The Morgan fingerprint density at radius 3 is 2.69 bits per heavy atom. The Kier molecular flexibility index (Phi) is 5.27. The first-order valence-electron chi connectivity index (χ1n) is 8.66. The summed E-state index contributed by atoms with van der Waals surface area (Å²) in [4.78, 5) is 16.7. The quantitative estimate of drug-likeness (QED) is 0.841. The van der Waals surface area contributed by atoms with E-state index in [1.165, 1.54) is 6.20 Å². The monoisotopic (exact) mass is 373 g/mol. The van der Waals surface area contributed by atoms with E-state index in [0.29, 0.717) is 23.6 Å². The molecule has 1 amide bonds. The summed E-state index contributed by atoms with van der Waals surface area (Å²) < 4.78 is 23.2. The maximum atomic E-state index is 12.6. The van der Waals surface area contributed by atoms with Crippen molar-refractivity contribution in [3.05, 3.63) is 53.9 Å². The predicted octanol–water partition coefficient (Wildman–Crippen LogP) is 3.06. The minimum absolute atomic E-state index is 0.116. The van der Waals surface area contributed by atoms with Gasteiger partial charge in [-0.15, -0.1) is 0 Å². The number of nitrogens with one attached hydrogen (secondary N) is 2. The normalized spacial score (nSPS) is 18.7. The molecule has 0 spiro atoms. The number of carbonyl (C=O) groups is 1. The summed E-state index contributed by atoms with van der Waals surface area (Å²) in [7, 11) is -2.96. The predicted molar refractivity (Wildman–Crippen MR) is 103 cm³/mol. The molecule has 2 aromatic rings. The number of hydrogen-bond acceptors (Lipinski definition) is 5. The van der Waals surface area contributed by atoms with Crippen LogP contribution >= 0.6 is 0 Å². The second-order valence-corrected chi connectivity index (χ2v) is 9.13. The molecule has 2 N–H and O–H groups in total. The number of amides is 1. The van der Waals surface area contributed by atoms with Crippen molar-refractivity contribution in [2.24, 2.45) is 0 Å². The average molecular weight is 373 g/mol. The van der Waals surface area contributed by atoms with E-state index in [-0.39, 0.29) is 23.5 Å². The number of sulfone groups is 1. The molecule has 0 radical (unpaired) electrons. The molecule has 1 unspecified atom stereocenters. The Morgan fingerprint density at radius 1 is 1.23 bits per heavy atom. The number of para-hydroxylation sites is 1. The zero-order chi connectivity index (χ0) is 18.7. The fourth-order valence-electron chi connectivity index (χ4n) is 3.10. The average Bonchev–Trinajstić information content (AvgIpc) is 2.94. The first-order valence-corrected chi connectivity index (χ1v) is 10.5. The van der Waals surface area contributed by atoms with Gasteiger partial charge in [-0.1, -0.05) is 32.0 Å². The van der Waals surface area contributed by atoms with Crippen molar-refractivity contribution in [3.63, 3.8) is 0 Å². The molecule has 1 atom stereocenters. The van der Waals surface area contributed by atoms with Crippen LogP contribution in [0.1, 0.15) is 42.1 Å². The Hall–Kier alpha value is -2.41. The van der Waals surface area contributed by atoms with Gasteiger partial charge in [0.25, 0.3) is 5.91 Å². The number of aromatic nitrogens is 1. The van der Waals surface area contributed by atoms with Crippen molar-refractivity contribution in [3.8, 4) is 0 Å². The van der Waals surface area contributed by atoms with Crippen molar-refractivity contribution in [1.82, 2.24) is 4.98 Å². The standard InChI is InChI=1S/C19H23N3O3S/c1-13(2)17-5-3-4-6-18(17)22-19(23)14-9-16(11-20-10-14)21-15-7-8-26(24,25)12-15/h3-6,9-11,13,15,21H,7-8,12H2,1-2H3,(H,22,23). The van der Waals surface area contributed by atoms with Crippen molar-refractivity contribution in [2.75, 3.05) is 22.1 Å². The van der Waals surface area contributed by atoms with E-state index in [4.69, 9.17) is 0 Å². The van der Waals surface area contributed by atoms with Gasteiger partial charge in [-0.3, -0.25) is 9.78 Å². The fourth-order valence-corrected chi connectivity index (χ4v) is 4.77. The largest absolute Gasteiger partial charge is 0.380 e. The molecule has 6 nitrogen and oxygen atoms in total. The number of anilines is 2. The van der Waals surface area contributed by atoms with Crippen molar-refractivity contribution < 1.29 is 13.2 Å². The number of nitrogens with zero attached hydrogens (tertiary/aromatic N) is 1. The van der Waals surface area contributed by atoms with Crippen molar-refractivity contribution in [2.45, 2.75) is 32.2 Å². The molecule has 1 fully saturated rings. The highest BCUT2D eigenvalue weighted by Crippen LogP contribution is 2.24. The van der Waals surface area contributed by atoms with E-state index in [9.17, 15) is 13.2 Å². The minimum Gasteiger partial charge on any atom is -0.380 e. The second-order valence-electron chi connectivity index (χ2n) is 6.90. The highest BCUT2D eigenvalue weighted by molar-refractivity contribution is 7.91. The lowest BCUT2D eigenvalue weighted by atomic mass is 10.0. The summed E-state index contributed by atoms with van der Waals surface area (Å²) in [5.74, 6) is 0.366. The fraction of sp³-hybridized carbons (Fsp3) is 0.368. The van der Waals surface area contributed by atoms with E-state index >= 15 is 0 Å². The van der Waals surface area contributed by atoms with E-state index in [1.807, 2.05) is 24.3 Å². The summed E-state index contributed by atoms with van der Waals surface area (Å²) in [6.45, 7) is 4.15. The summed E-state index contributed by atoms with van der Waals surface area (Å²) in [5, 5.41) is 6.10. The third-order valence-corrected chi connectivity index (χ3v) is 6.20. The molecule has 0 bridgehead atoms. The molecule has 0 saturated carbocycles. The molecular formula is C19H23N3O3S. The lowest BCUT2D eigenvalue weighted by Crippen LogP contribution is -2.21. The van der Waals surface area contributed by atoms with Crippen LogP contribution in [0.2, 0.25) is 0 Å². The van der Waals surface area contributed by atoms with Gasteiger partial charge in [0.1, 0.15) is 0 Å². The topological polar surface area (TPSA) is 88.2 Å². The van der Waals surface area contributed by atoms with E-state index in [2.05, 4.69) is 29.5 Å². The molecule has 1 aliphatic heterocycles. The first-order chi connectivity index (χ1) is 12.3. The van der Waals surface area contributed by atoms with Crippen LogP contribution in [0.5, 0.6) is 0 Å². The van der Waals surface area contributed by atoms with Gasteiger partial charge in [0.2, 0.25) is 0 Å². The molecule has 1 aromatic heterocycles. The molecule has 1 aliphatic rings. The molecule has 26 heavy (non-hydrogen) atoms. The van der Waals surface area contributed by atoms with Crippen LogP contribution in [-0.4, -0.2) is 36.9 Å². The van der Waals surface area contributed by atoms with Gasteiger partial charge in [0.05, 0.1) is 22.8 Å². The van der Waals surface area contributed by atoms with Crippen LogP contribution in [0.4, 0.5) is 11.4 Å². The van der Waals surface area contributed by atoms with Gasteiger partial charge in [-0.05, 0) is 30.0 Å². The van der Waals surface area contributed by atoms with Crippen LogP contribution in [0.25, 0.3) is 0 Å². The number of rotatable bonds is 5. The molecule has 2 heterocycles. The molecule has 3 rings (SSSR count). The van der Waals surface area contributed by atoms with Crippen molar-refractivity contribution >= 4 is 27.1 Å². The van der Waals surface area contributed by atoms with Gasteiger partial charge < -0.3 is 10.6 Å². The smallest absolute Gasteiger partial charge is 0.257 e. The number of pyridine rings is 1. The van der Waals surface area contributed by atoms with E-state index in [0.717, 1.165) is 11.3 Å². The number of hydrogen-bond donors (Lipinski definition) is 2. The van der Waals surface area contributed by atoms with Gasteiger partial charge in [-0.2, -0.15) is 0 Å². The van der Waals surface area contributed by atoms with Crippen LogP contribution in [0, 0.1) is 0 Å². The highest BCUT2D eigenvalue weighted by Gasteiger charge is 2.27. The van der Waals surface area contributed by atoms with Crippen LogP contribution < -0.4 is 10.6 Å².